The molecule has 0 heterocycles. The SMILES string of the molecule is CCCNC(=O)[C@@H](Cc1ccccc1)N(Cc1ccccc1)C(=O)CSCc1ccc(OC)cc1. The Hall–Kier alpha value is -3.25. The molecule has 184 valence electrons. The van der Waals surface area contributed by atoms with Gasteiger partial charge in [-0.25, -0.2) is 0 Å². The molecule has 3 rings (SSSR count). The van der Waals surface area contributed by atoms with Crippen LogP contribution >= 0.6 is 11.8 Å². The highest BCUT2D eigenvalue weighted by Gasteiger charge is 2.30. The molecule has 35 heavy (non-hydrogen) atoms. The molecule has 0 aliphatic carbocycles. The van der Waals surface area contributed by atoms with E-state index >= 15 is 0 Å². The summed E-state index contributed by atoms with van der Waals surface area (Å²) in [7, 11) is 1.65. The lowest BCUT2D eigenvalue weighted by atomic mass is 10.0. The zero-order valence-electron chi connectivity index (χ0n) is 20.5. The molecule has 5 nitrogen and oxygen atoms in total. The summed E-state index contributed by atoms with van der Waals surface area (Å²) in [6.45, 7) is 3.00. The first-order valence-electron chi connectivity index (χ1n) is 12.0. The minimum atomic E-state index is -0.585. The maximum atomic E-state index is 13.6. The average molecular weight is 491 g/mol. The van der Waals surface area contributed by atoms with E-state index in [0.717, 1.165) is 28.9 Å². The van der Waals surface area contributed by atoms with E-state index in [1.807, 2.05) is 91.9 Å². The maximum Gasteiger partial charge on any atom is 0.243 e. The Bertz CT molecular complexity index is 1040. The van der Waals surface area contributed by atoms with Crippen molar-refractivity contribution in [3.8, 4) is 5.75 Å². The zero-order chi connectivity index (χ0) is 24.9. The largest absolute Gasteiger partial charge is 0.497 e. The number of carbonyl (C=O) groups is 2. The summed E-state index contributed by atoms with van der Waals surface area (Å²) in [5, 5.41) is 3.02. The van der Waals surface area contributed by atoms with E-state index in [1.165, 1.54) is 0 Å². The first kappa shape index (κ1) is 26.4. The lowest BCUT2D eigenvalue weighted by molar-refractivity contribution is -0.139. The van der Waals surface area contributed by atoms with E-state index in [-0.39, 0.29) is 11.8 Å². The second kappa shape index (κ2) is 14.2. The molecular formula is C29H34N2O3S. The van der Waals surface area contributed by atoms with E-state index in [2.05, 4.69) is 5.32 Å². The average Bonchev–Trinajstić information content (AvgIpc) is 2.90. The highest BCUT2D eigenvalue weighted by atomic mass is 32.2. The van der Waals surface area contributed by atoms with E-state index in [0.29, 0.717) is 31.0 Å². The molecular weight excluding hydrogens is 456 g/mol. The van der Waals surface area contributed by atoms with Gasteiger partial charge in [0.15, 0.2) is 0 Å². The van der Waals surface area contributed by atoms with E-state index < -0.39 is 6.04 Å². The zero-order valence-corrected chi connectivity index (χ0v) is 21.3. The monoisotopic (exact) mass is 490 g/mol. The fourth-order valence-electron chi connectivity index (χ4n) is 3.76. The molecule has 0 aromatic heterocycles. The molecule has 0 radical (unpaired) electrons. The van der Waals surface area contributed by atoms with Gasteiger partial charge in [0.2, 0.25) is 11.8 Å². The van der Waals surface area contributed by atoms with Gasteiger partial charge in [-0.1, -0.05) is 79.7 Å². The second-order valence-electron chi connectivity index (χ2n) is 8.34. The molecule has 0 unspecified atom stereocenters. The summed E-state index contributed by atoms with van der Waals surface area (Å²) in [6.07, 6.45) is 1.31. The summed E-state index contributed by atoms with van der Waals surface area (Å²) < 4.78 is 5.22. The van der Waals surface area contributed by atoms with Gasteiger partial charge >= 0.3 is 0 Å². The van der Waals surface area contributed by atoms with Gasteiger partial charge in [0.05, 0.1) is 12.9 Å². The Kier molecular flexibility index (Phi) is 10.7. The van der Waals surface area contributed by atoms with Crippen LogP contribution in [0.2, 0.25) is 0 Å². The number of rotatable bonds is 13. The van der Waals surface area contributed by atoms with Gasteiger partial charge in [-0.3, -0.25) is 9.59 Å². The van der Waals surface area contributed by atoms with Crippen LogP contribution in [0.4, 0.5) is 0 Å². The van der Waals surface area contributed by atoms with Crippen LogP contribution < -0.4 is 10.1 Å². The van der Waals surface area contributed by atoms with Crippen molar-refractivity contribution in [1.82, 2.24) is 10.2 Å². The van der Waals surface area contributed by atoms with Crippen molar-refractivity contribution in [2.24, 2.45) is 0 Å². The van der Waals surface area contributed by atoms with Crippen LogP contribution in [-0.4, -0.2) is 42.2 Å². The van der Waals surface area contributed by atoms with Gasteiger partial charge in [-0.2, -0.15) is 0 Å². The Morgan fingerprint density at radius 3 is 2.11 bits per heavy atom. The number of hydrogen-bond donors (Lipinski definition) is 1. The van der Waals surface area contributed by atoms with Crippen LogP contribution in [0.1, 0.15) is 30.0 Å². The predicted molar refractivity (Wildman–Crippen MR) is 143 cm³/mol. The molecule has 6 heteroatoms. The fourth-order valence-corrected chi connectivity index (χ4v) is 4.63. The molecule has 1 N–H and O–H groups in total. The standard InChI is InChI=1S/C29H34N2O3S/c1-3-18-30-29(33)27(19-23-10-6-4-7-11-23)31(20-24-12-8-5-9-13-24)28(32)22-35-21-25-14-16-26(34-2)17-15-25/h4-17,27H,3,18-22H2,1-2H3,(H,30,33)/t27-/m1/s1. The van der Waals surface area contributed by atoms with Crippen molar-refractivity contribution >= 4 is 23.6 Å². The van der Waals surface area contributed by atoms with Crippen LogP contribution in [-0.2, 0) is 28.3 Å². The third-order valence-corrected chi connectivity index (χ3v) is 6.66. The number of nitrogens with zero attached hydrogens (tertiary/aromatic N) is 1. The number of thioether (sulfide) groups is 1. The summed E-state index contributed by atoms with van der Waals surface area (Å²) in [4.78, 5) is 28.6. The van der Waals surface area contributed by atoms with Gasteiger partial charge in [0.1, 0.15) is 11.8 Å². The third kappa shape index (κ3) is 8.48. The number of nitrogens with one attached hydrogen (secondary N) is 1. The van der Waals surface area contributed by atoms with Gasteiger partial charge in [0.25, 0.3) is 0 Å². The molecule has 0 saturated carbocycles. The van der Waals surface area contributed by atoms with Gasteiger partial charge < -0.3 is 15.0 Å². The molecule has 2 amide bonds. The third-order valence-electron chi connectivity index (χ3n) is 5.67. The topological polar surface area (TPSA) is 58.6 Å². The summed E-state index contributed by atoms with van der Waals surface area (Å²) in [5.74, 6) is 1.66. The highest BCUT2D eigenvalue weighted by Crippen LogP contribution is 2.20. The minimum Gasteiger partial charge on any atom is -0.497 e. The second-order valence-corrected chi connectivity index (χ2v) is 9.33. The first-order valence-corrected chi connectivity index (χ1v) is 13.1. The van der Waals surface area contributed by atoms with Crippen molar-refractivity contribution in [2.75, 3.05) is 19.4 Å². The van der Waals surface area contributed by atoms with Crippen molar-refractivity contribution in [1.29, 1.82) is 0 Å². The molecule has 0 aliphatic rings. The summed E-state index contributed by atoms with van der Waals surface area (Å²) in [6, 6.07) is 27.0. The van der Waals surface area contributed by atoms with Crippen molar-refractivity contribution in [3.63, 3.8) is 0 Å². The molecule has 0 spiro atoms. The number of amides is 2. The Morgan fingerprint density at radius 1 is 0.886 bits per heavy atom. The number of hydrogen-bond acceptors (Lipinski definition) is 4. The van der Waals surface area contributed by atoms with E-state index in [9.17, 15) is 9.59 Å². The van der Waals surface area contributed by atoms with Gasteiger partial charge in [-0.15, -0.1) is 11.8 Å². The van der Waals surface area contributed by atoms with E-state index in [4.69, 9.17) is 4.74 Å². The molecule has 3 aromatic carbocycles. The number of benzene rings is 3. The molecule has 0 bridgehead atoms. The molecule has 0 fully saturated rings. The van der Waals surface area contributed by atoms with Crippen LogP contribution in [0.3, 0.4) is 0 Å². The predicted octanol–water partition coefficient (Wildman–Crippen LogP) is 5.09. The first-order chi connectivity index (χ1) is 17.1. The Labute approximate surface area is 212 Å². The molecule has 3 aromatic rings. The summed E-state index contributed by atoms with van der Waals surface area (Å²) in [5.41, 5.74) is 3.16. The van der Waals surface area contributed by atoms with Gasteiger partial charge in [-0.05, 0) is 35.2 Å². The Morgan fingerprint density at radius 2 is 1.51 bits per heavy atom. The lowest BCUT2D eigenvalue weighted by Gasteiger charge is -2.31. The van der Waals surface area contributed by atoms with Crippen LogP contribution in [0.5, 0.6) is 5.75 Å². The van der Waals surface area contributed by atoms with Crippen molar-refractivity contribution in [2.45, 2.75) is 38.1 Å². The van der Waals surface area contributed by atoms with Crippen LogP contribution in [0, 0.1) is 0 Å². The Balaban J connectivity index is 1.78. The van der Waals surface area contributed by atoms with Gasteiger partial charge in [0, 0.05) is 25.3 Å². The quantitative estimate of drug-likeness (QED) is 0.362. The number of carbonyl (C=O) groups excluding carboxylic acids is 2. The number of ether oxygens (including phenoxy) is 1. The van der Waals surface area contributed by atoms with E-state index in [1.54, 1.807) is 23.8 Å². The van der Waals surface area contributed by atoms with Crippen LogP contribution in [0.15, 0.2) is 84.9 Å². The van der Waals surface area contributed by atoms with Crippen LogP contribution in [0.25, 0.3) is 0 Å². The smallest absolute Gasteiger partial charge is 0.243 e. The summed E-state index contributed by atoms with van der Waals surface area (Å²) >= 11 is 1.56. The number of methoxy groups -OCH3 is 1. The minimum absolute atomic E-state index is 0.0417. The normalized spacial score (nSPS) is 11.5. The maximum absolute atomic E-state index is 13.6. The highest BCUT2D eigenvalue weighted by molar-refractivity contribution is 7.99. The fraction of sp³-hybridized carbons (Fsp3) is 0.310. The van der Waals surface area contributed by atoms with Crippen molar-refractivity contribution in [3.05, 3.63) is 102 Å². The lowest BCUT2D eigenvalue weighted by Crippen LogP contribution is -2.51. The molecule has 0 aliphatic heterocycles. The molecule has 1 atom stereocenters. The van der Waals surface area contributed by atoms with Crippen molar-refractivity contribution < 1.29 is 14.3 Å². The molecule has 0 saturated heterocycles.